The summed E-state index contributed by atoms with van der Waals surface area (Å²) in [6.07, 6.45) is -0.0344. The summed E-state index contributed by atoms with van der Waals surface area (Å²) in [4.78, 5) is 11.7. The van der Waals surface area contributed by atoms with Gasteiger partial charge in [-0.3, -0.25) is 0 Å². The summed E-state index contributed by atoms with van der Waals surface area (Å²) in [7, 11) is 0. The summed E-state index contributed by atoms with van der Waals surface area (Å²) in [6.45, 7) is 1.42. The predicted molar refractivity (Wildman–Crippen MR) is 93.5 cm³/mol. The smallest absolute Gasteiger partial charge is 0.416 e. The SMILES string of the molecule is CC1CC=C(Cc2ccc(C(F)(F)F)cc2)c2c(C(=O)O)cn(CCF)c21. The van der Waals surface area contributed by atoms with Crippen molar-refractivity contribution >= 4 is 11.5 Å². The summed E-state index contributed by atoms with van der Waals surface area (Å²) in [5.74, 6) is -1.06. The Balaban J connectivity index is 1.98. The van der Waals surface area contributed by atoms with Crippen molar-refractivity contribution in [1.82, 2.24) is 4.57 Å². The Morgan fingerprint density at radius 1 is 1.26 bits per heavy atom. The summed E-state index contributed by atoms with van der Waals surface area (Å²) in [6, 6.07) is 4.85. The van der Waals surface area contributed by atoms with Crippen molar-refractivity contribution in [2.24, 2.45) is 0 Å². The van der Waals surface area contributed by atoms with Crippen molar-refractivity contribution in [3.8, 4) is 0 Å². The summed E-state index contributed by atoms with van der Waals surface area (Å²) < 4.78 is 52.7. The fourth-order valence-corrected chi connectivity index (χ4v) is 3.60. The molecule has 144 valence electrons. The first-order valence-electron chi connectivity index (χ1n) is 8.60. The molecule has 3 rings (SSSR count). The number of alkyl halides is 4. The van der Waals surface area contributed by atoms with E-state index in [1.165, 1.54) is 18.3 Å². The topological polar surface area (TPSA) is 42.2 Å². The quantitative estimate of drug-likeness (QED) is 0.714. The van der Waals surface area contributed by atoms with Crippen LogP contribution in [0.15, 0.2) is 36.5 Å². The van der Waals surface area contributed by atoms with E-state index in [2.05, 4.69) is 0 Å². The van der Waals surface area contributed by atoms with Crippen molar-refractivity contribution in [2.45, 2.75) is 38.4 Å². The third-order valence-corrected chi connectivity index (χ3v) is 4.86. The second kappa shape index (κ2) is 7.21. The lowest BCUT2D eigenvalue weighted by Crippen LogP contribution is -2.12. The highest BCUT2D eigenvalue weighted by Crippen LogP contribution is 2.39. The Labute approximate surface area is 153 Å². The Bertz CT molecular complexity index is 879. The molecule has 1 aliphatic carbocycles. The minimum absolute atomic E-state index is 0.0380. The van der Waals surface area contributed by atoms with Crippen LogP contribution in [0.4, 0.5) is 17.6 Å². The second-order valence-corrected chi connectivity index (χ2v) is 6.73. The fraction of sp³-hybridized carbons (Fsp3) is 0.350. The van der Waals surface area contributed by atoms with Gasteiger partial charge in [0.2, 0.25) is 0 Å². The van der Waals surface area contributed by atoms with E-state index < -0.39 is 24.4 Å². The third-order valence-electron chi connectivity index (χ3n) is 4.86. The van der Waals surface area contributed by atoms with E-state index in [4.69, 9.17) is 0 Å². The molecule has 1 unspecified atom stereocenters. The monoisotopic (exact) mass is 381 g/mol. The number of carboxylic acid groups (broad SMARTS) is 1. The molecule has 0 saturated carbocycles. The molecule has 3 nitrogen and oxygen atoms in total. The lowest BCUT2D eigenvalue weighted by molar-refractivity contribution is -0.137. The second-order valence-electron chi connectivity index (χ2n) is 6.73. The number of hydrogen-bond donors (Lipinski definition) is 1. The van der Waals surface area contributed by atoms with E-state index in [1.54, 1.807) is 4.57 Å². The van der Waals surface area contributed by atoms with Crippen molar-refractivity contribution in [2.75, 3.05) is 6.67 Å². The predicted octanol–water partition coefficient (Wildman–Crippen LogP) is 5.31. The standard InChI is InChI=1S/C20H19F4NO2/c1-12-2-5-14(10-13-3-6-15(7-4-13)20(22,23)24)17-16(19(26)27)11-25(9-8-21)18(12)17/h3-7,11-12H,2,8-10H2,1H3,(H,26,27). The van der Waals surface area contributed by atoms with Crippen LogP contribution < -0.4 is 0 Å². The Morgan fingerprint density at radius 3 is 2.48 bits per heavy atom. The molecule has 0 aliphatic heterocycles. The number of aromatic nitrogens is 1. The molecular weight excluding hydrogens is 362 g/mol. The van der Waals surface area contributed by atoms with Gasteiger partial charge in [-0.15, -0.1) is 0 Å². The van der Waals surface area contributed by atoms with Crippen LogP contribution in [-0.4, -0.2) is 22.3 Å². The van der Waals surface area contributed by atoms with Gasteiger partial charge in [-0.1, -0.05) is 25.1 Å². The lowest BCUT2D eigenvalue weighted by atomic mass is 9.84. The van der Waals surface area contributed by atoms with Gasteiger partial charge in [-0.05, 0) is 36.1 Å². The van der Waals surface area contributed by atoms with E-state index >= 15 is 0 Å². The Hall–Kier alpha value is -2.57. The molecule has 0 spiro atoms. The zero-order chi connectivity index (χ0) is 19.8. The number of aryl methyl sites for hydroxylation is 1. The average molecular weight is 381 g/mol. The van der Waals surface area contributed by atoms with Crippen LogP contribution in [0, 0.1) is 0 Å². The maximum atomic E-state index is 12.9. The van der Waals surface area contributed by atoms with Gasteiger partial charge in [0.25, 0.3) is 0 Å². The first-order chi connectivity index (χ1) is 12.7. The van der Waals surface area contributed by atoms with Crippen LogP contribution in [0.25, 0.3) is 5.57 Å². The normalized spacial score (nSPS) is 16.8. The Kier molecular flexibility index (Phi) is 5.13. The van der Waals surface area contributed by atoms with Crippen LogP contribution in [0.2, 0.25) is 0 Å². The first-order valence-corrected chi connectivity index (χ1v) is 8.60. The van der Waals surface area contributed by atoms with E-state index in [-0.39, 0.29) is 18.0 Å². The largest absolute Gasteiger partial charge is 0.478 e. The van der Waals surface area contributed by atoms with Crippen molar-refractivity contribution in [3.05, 3.63) is 64.5 Å². The summed E-state index contributed by atoms with van der Waals surface area (Å²) in [5, 5.41) is 9.56. The number of hydrogen-bond acceptors (Lipinski definition) is 1. The van der Waals surface area contributed by atoms with Gasteiger partial charge in [-0.2, -0.15) is 13.2 Å². The molecule has 7 heteroatoms. The van der Waals surface area contributed by atoms with Gasteiger partial charge >= 0.3 is 12.1 Å². The fourth-order valence-electron chi connectivity index (χ4n) is 3.60. The third kappa shape index (κ3) is 3.77. The average Bonchev–Trinajstić information content (AvgIpc) is 2.98. The molecule has 1 heterocycles. The molecule has 0 amide bonds. The number of benzene rings is 1. The summed E-state index contributed by atoms with van der Waals surface area (Å²) in [5.41, 5.74) is 2.12. The van der Waals surface area contributed by atoms with Gasteiger partial charge in [0.15, 0.2) is 0 Å². The zero-order valence-corrected chi connectivity index (χ0v) is 14.7. The van der Waals surface area contributed by atoms with E-state index in [1.807, 2.05) is 13.0 Å². The Morgan fingerprint density at radius 2 is 1.93 bits per heavy atom. The number of carboxylic acids is 1. The van der Waals surface area contributed by atoms with Crippen molar-refractivity contribution in [1.29, 1.82) is 0 Å². The van der Waals surface area contributed by atoms with Crippen molar-refractivity contribution < 1.29 is 27.5 Å². The highest BCUT2D eigenvalue weighted by molar-refractivity contribution is 5.95. The number of rotatable bonds is 5. The number of allylic oxidation sites excluding steroid dienone is 2. The number of carbonyl (C=O) groups is 1. The molecule has 2 aromatic rings. The van der Waals surface area contributed by atoms with Gasteiger partial charge < -0.3 is 9.67 Å². The van der Waals surface area contributed by atoms with E-state index in [0.29, 0.717) is 24.0 Å². The van der Waals surface area contributed by atoms with Gasteiger partial charge in [0, 0.05) is 23.4 Å². The highest BCUT2D eigenvalue weighted by atomic mass is 19.4. The molecule has 0 bridgehead atoms. The van der Waals surface area contributed by atoms with Gasteiger partial charge in [0.05, 0.1) is 17.7 Å². The molecule has 1 aromatic heterocycles. The van der Waals surface area contributed by atoms with Gasteiger partial charge in [0.1, 0.15) is 6.67 Å². The van der Waals surface area contributed by atoms with Crippen LogP contribution >= 0.6 is 0 Å². The molecule has 0 saturated heterocycles. The van der Waals surface area contributed by atoms with Crippen molar-refractivity contribution in [3.63, 3.8) is 0 Å². The van der Waals surface area contributed by atoms with E-state index in [9.17, 15) is 27.5 Å². The maximum absolute atomic E-state index is 12.9. The van der Waals surface area contributed by atoms with Gasteiger partial charge in [-0.25, -0.2) is 9.18 Å². The summed E-state index contributed by atoms with van der Waals surface area (Å²) >= 11 is 0. The van der Waals surface area contributed by atoms with Crippen LogP contribution in [0.5, 0.6) is 0 Å². The minimum atomic E-state index is -4.40. The minimum Gasteiger partial charge on any atom is -0.478 e. The lowest BCUT2D eigenvalue weighted by Gasteiger charge is -2.23. The van der Waals surface area contributed by atoms with Crippen LogP contribution in [-0.2, 0) is 19.1 Å². The molecule has 1 atom stereocenters. The highest BCUT2D eigenvalue weighted by Gasteiger charge is 2.31. The molecule has 0 fully saturated rings. The molecule has 0 radical (unpaired) electrons. The maximum Gasteiger partial charge on any atom is 0.416 e. The number of aromatic carboxylic acids is 1. The molecule has 27 heavy (non-hydrogen) atoms. The van der Waals surface area contributed by atoms with E-state index in [0.717, 1.165) is 23.4 Å². The zero-order valence-electron chi connectivity index (χ0n) is 14.7. The molecule has 1 N–H and O–H groups in total. The molecule has 1 aliphatic rings. The number of nitrogens with zero attached hydrogens (tertiary/aromatic N) is 1. The van der Waals surface area contributed by atoms with Crippen LogP contribution in [0.3, 0.4) is 0 Å². The number of halogens is 4. The molecular formula is C20H19F4NO2. The first kappa shape index (κ1) is 19.2. The number of fused-ring (bicyclic) bond motifs is 1. The van der Waals surface area contributed by atoms with Crippen LogP contribution in [0.1, 0.15) is 52.0 Å². The molecule has 1 aromatic carbocycles.